The van der Waals surface area contributed by atoms with Gasteiger partial charge in [-0.3, -0.25) is 0 Å². The third-order valence-corrected chi connectivity index (χ3v) is 2.91. The molecular formula is C11H8Cl3N3O3. The first-order valence-electron chi connectivity index (χ1n) is 5.04. The van der Waals surface area contributed by atoms with Crippen LogP contribution in [0.5, 0.6) is 0 Å². The van der Waals surface area contributed by atoms with E-state index < -0.39 is 5.09 Å². The smallest absolute Gasteiger partial charge is 0.291 e. The molecule has 0 spiro atoms. The van der Waals surface area contributed by atoms with Gasteiger partial charge in [-0.05, 0) is 12.1 Å². The van der Waals surface area contributed by atoms with Gasteiger partial charge in [0.2, 0.25) is 0 Å². The van der Waals surface area contributed by atoms with Crippen molar-refractivity contribution in [2.24, 2.45) is 0 Å². The largest absolute Gasteiger partial charge is 0.328 e. The molecule has 1 N–H and O–H groups in total. The lowest BCUT2D eigenvalue weighted by Crippen LogP contribution is -1.85. The summed E-state index contributed by atoms with van der Waals surface area (Å²) in [6.07, 6.45) is 6.76. The Morgan fingerprint density at radius 3 is 2.40 bits per heavy atom. The van der Waals surface area contributed by atoms with Crippen LogP contribution in [0.4, 0.5) is 0 Å². The second kappa shape index (κ2) is 7.74. The Labute approximate surface area is 128 Å². The van der Waals surface area contributed by atoms with Gasteiger partial charge in [0, 0.05) is 24.2 Å². The quantitative estimate of drug-likeness (QED) is 0.663. The number of benzene rings is 1. The molecule has 106 valence electrons. The molecule has 1 aromatic heterocycles. The van der Waals surface area contributed by atoms with Crippen molar-refractivity contribution < 1.29 is 10.3 Å². The number of rotatable bonds is 2. The molecule has 0 saturated carbocycles. The average molecular weight is 337 g/mol. The Hall–Kier alpha value is -1.76. The molecule has 2 aromatic rings. The molecule has 6 nitrogen and oxygen atoms in total. The number of imidazole rings is 1. The maximum atomic E-state index is 8.36. The summed E-state index contributed by atoms with van der Waals surface area (Å²) in [6, 6.07) is 5.26. The molecule has 0 radical (unpaired) electrons. The summed E-state index contributed by atoms with van der Waals surface area (Å²) < 4.78 is 1.72. The van der Waals surface area contributed by atoms with Gasteiger partial charge < -0.3 is 9.77 Å². The van der Waals surface area contributed by atoms with Gasteiger partial charge in [-0.15, -0.1) is 10.1 Å². The number of nitrogens with zero attached hydrogens (tertiary/aromatic N) is 3. The topological polar surface area (TPSA) is 81.2 Å². The van der Waals surface area contributed by atoms with Gasteiger partial charge in [0.15, 0.2) is 0 Å². The molecule has 0 aliphatic rings. The number of hydrogen-bond acceptors (Lipinski definition) is 3. The van der Waals surface area contributed by atoms with Crippen LogP contribution in [0.3, 0.4) is 0 Å². The van der Waals surface area contributed by atoms with Crippen LogP contribution in [-0.4, -0.2) is 19.8 Å². The second-order valence-corrected chi connectivity index (χ2v) is 4.54. The highest BCUT2D eigenvalue weighted by molar-refractivity contribution is 6.54. The monoisotopic (exact) mass is 335 g/mol. The molecule has 9 heteroatoms. The highest BCUT2D eigenvalue weighted by Gasteiger charge is 2.08. The molecule has 0 amide bonds. The molecule has 0 aliphatic heterocycles. The third kappa shape index (κ3) is 5.08. The summed E-state index contributed by atoms with van der Waals surface area (Å²) in [5, 5.41) is 15.1. The van der Waals surface area contributed by atoms with E-state index in [1.54, 1.807) is 47.7 Å². The lowest BCUT2D eigenvalue weighted by Gasteiger charge is -2.05. The Kier molecular flexibility index (Phi) is 6.30. The molecule has 1 heterocycles. The second-order valence-electron chi connectivity index (χ2n) is 3.32. The van der Waals surface area contributed by atoms with Crippen LogP contribution in [0.15, 0.2) is 36.9 Å². The summed E-state index contributed by atoms with van der Waals surface area (Å²) in [5.74, 6) is 0. The zero-order valence-corrected chi connectivity index (χ0v) is 12.0. The fourth-order valence-electron chi connectivity index (χ4n) is 1.27. The molecule has 20 heavy (non-hydrogen) atoms. The van der Waals surface area contributed by atoms with Crippen LogP contribution in [0, 0.1) is 10.1 Å². The lowest BCUT2D eigenvalue weighted by molar-refractivity contribution is -0.742. The van der Waals surface area contributed by atoms with E-state index in [4.69, 9.17) is 50.1 Å². The number of aromatic nitrogens is 2. The van der Waals surface area contributed by atoms with E-state index in [2.05, 4.69) is 4.98 Å². The zero-order chi connectivity index (χ0) is 15.1. The SMILES string of the molecule is Cl/C(=C\n1ccnc1)c1c(Cl)cccc1Cl.O=[N+]([O-])O. The van der Waals surface area contributed by atoms with E-state index in [0.717, 1.165) is 0 Å². The lowest BCUT2D eigenvalue weighted by atomic mass is 10.2. The van der Waals surface area contributed by atoms with Gasteiger partial charge in [0.05, 0.1) is 21.4 Å². The first-order valence-corrected chi connectivity index (χ1v) is 6.17. The molecule has 0 bridgehead atoms. The molecule has 2 rings (SSSR count). The highest BCUT2D eigenvalue weighted by atomic mass is 35.5. The summed E-state index contributed by atoms with van der Waals surface area (Å²) in [5.41, 5.74) is 0.626. The normalized spacial score (nSPS) is 10.7. The van der Waals surface area contributed by atoms with Crippen LogP contribution in [-0.2, 0) is 0 Å². The summed E-state index contributed by atoms with van der Waals surface area (Å²) in [4.78, 5) is 12.3. The van der Waals surface area contributed by atoms with Crippen molar-refractivity contribution in [1.29, 1.82) is 0 Å². The van der Waals surface area contributed by atoms with Crippen molar-refractivity contribution >= 4 is 46.0 Å². The molecule has 0 unspecified atom stereocenters. The Morgan fingerprint density at radius 2 is 1.95 bits per heavy atom. The van der Waals surface area contributed by atoms with Crippen LogP contribution in [0.2, 0.25) is 10.0 Å². The molecule has 1 aromatic carbocycles. The van der Waals surface area contributed by atoms with Gasteiger partial charge in [-0.2, -0.15) is 0 Å². The van der Waals surface area contributed by atoms with Gasteiger partial charge in [-0.25, -0.2) is 4.98 Å². The van der Waals surface area contributed by atoms with E-state index in [0.29, 0.717) is 20.6 Å². The van der Waals surface area contributed by atoms with Crippen LogP contribution >= 0.6 is 34.8 Å². The fourth-order valence-corrected chi connectivity index (χ4v) is 2.28. The van der Waals surface area contributed by atoms with Crippen LogP contribution in [0.25, 0.3) is 11.2 Å². The van der Waals surface area contributed by atoms with Crippen LogP contribution < -0.4 is 0 Å². The Balaban J connectivity index is 0.000000444. The van der Waals surface area contributed by atoms with Gasteiger partial charge in [-0.1, -0.05) is 40.9 Å². The highest BCUT2D eigenvalue weighted by Crippen LogP contribution is 2.33. The molecule has 0 atom stereocenters. The maximum absolute atomic E-state index is 8.36. The molecule has 0 aliphatic carbocycles. The maximum Gasteiger partial charge on any atom is 0.291 e. The van der Waals surface area contributed by atoms with E-state index in [9.17, 15) is 0 Å². The average Bonchev–Trinajstić information content (AvgIpc) is 2.80. The fraction of sp³-hybridized carbons (Fsp3) is 0. The number of hydrogen-bond donors (Lipinski definition) is 1. The van der Waals surface area contributed by atoms with Crippen molar-refractivity contribution in [1.82, 2.24) is 9.55 Å². The van der Waals surface area contributed by atoms with Gasteiger partial charge >= 0.3 is 0 Å². The standard InChI is InChI=1S/C11H7Cl3N2.HNO3/c12-8-2-1-3-9(13)11(8)10(14)6-16-5-4-15-7-16;2-1(3)4/h1-7H;(H,2,3,4)/b10-6-;. The minimum atomic E-state index is -1.50. The third-order valence-electron chi connectivity index (χ3n) is 1.99. The van der Waals surface area contributed by atoms with Gasteiger partial charge in [0.25, 0.3) is 5.09 Å². The first-order chi connectivity index (χ1) is 9.41. The van der Waals surface area contributed by atoms with E-state index >= 15 is 0 Å². The minimum absolute atomic E-state index is 0.466. The first kappa shape index (κ1) is 16.3. The zero-order valence-electron chi connectivity index (χ0n) is 9.78. The number of halogens is 3. The molecule has 0 saturated heterocycles. The van der Waals surface area contributed by atoms with Gasteiger partial charge in [0.1, 0.15) is 0 Å². The van der Waals surface area contributed by atoms with Crippen molar-refractivity contribution in [3.05, 3.63) is 62.6 Å². The Morgan fingerprint density at radius 1 is 1.40 bits per heavy atom. The minimum Gasteiger partial charge on any atom is -0.328 e. The molecule has 0 fully saturated rings. The summed E-state index contributed by atoms with van der Waals surface area (Å²) in [6.45, 7) is 0. The van der Waals surface area contributed by atoms with Crippen molar-refractivity contribution in [3.63, 3.8) is 0 Å². The predicted molar refractivity (Wildman–Crippen MR) is 77.5 cm³/mol. The summed E-state index contributed by atoms with van der Waals surface area (Å²) >= 11 is 18.2. The van der Waals surface area contributed by atoms with Crippen molar-refractivity contribution in [2.45, 2.75) is 0 Å². The summed E-state index contributed by atoms with van der Waals surface area (Å²) in [7, 11) is 0. The van der Waals surface area contributed by atoms with Crippen molar-refractivity contribution in [2.75, 3.05) is 0 Å². The predicted octanol–water partition coefficient (Wildman–Crippen LogP) is 4.04. The molecular weight excluding hydrogens is 328 g/mol. The van der Waals surface area contributed by atoms with E-state index in [1.807, 2.05) is 0 Å². The van der Waals surface area contributed by atoms with E-state index in [1.165, 1.54) is 0 Å². The van der Waals surface area contributed by atoms with E-state index in [-0.39, 0.29) is 0 Å². The Bertz CT molecular complexity index is 590. The van der Waals surface area contributed by atoms with Crippen LogP contribution in [0.1, 0.15) is 5.56 Å². The van der Waals surface area contributed by atoms with Crippen molar-refractivity contribution in [3.8, 4) is 0 Å².